The van der Waals surface area contributed by atoms with Crippen molar-refractivity contribution in [3.63, 3.8) is 0 Å². The zero-order valence-corrected chi connectivity index (χ0v) is 16.2. The second-order valence-electron chi connectivity index (χ2n) is 6.89. The minimum Gasteiger partial charge on any atom is -0.367 e. The molecule has 0 aromatic heterocycles. The number of nitrogens with zero attached hydrogens (tertiary/aromatic N) is 3. The Labute approximate surface area is 171 Å². The summed E-state index contributed by atoms with van der Waals surface area (Å²) in [6.45, 7) is 2.67. The van der Waals surface area contributed by atoms with Gasteiger partial charge in [-0.15, -0.1) is 0 Å². The number of para-hydroxylation sites is 1. The fourth-order valence-corrected chi connectivity index (χ4v) is 3.37. The first-order valence-electron chi connectivity index (χ1n) is 9.22. The highest BCUT2D eigenvalue weighted by molar-refractivity contribution is 5.97. The maximum atomic E-state index is 13.2. The molecule has 0 radical (unpaired) electrons. The van der Waals surface area contributed by atoms with Crippen LogP contribution in [0.3, 0.4) is 0 Å². The van der Waals surface area contributed by atoms with E-state index in [-0.39, 0.29) is 11.3 Å². The van der Waals surface area contributed by atoms with Crippen molar-refractivity contribution in [1.29, 1.82) is 5.26 Å². The zero-order valence-electron chi connectivity index (χ0n) is 16.2. The number of carbonyl (C=O) groups is 2. The Hall–Kier alpha value is -3.54. The van der Waals surface area contributed by atoms with Crippen LogP contribution in [-0.4, -0.2) is 42.9 Å². The standard InChI is InChI=1S/C21H19F3N4O2/c1-14(29)26-18-11-16(10-17(12-18)21(22,23)24)20(30)28-8-6-27(7-9-28)19-5-3-2-4-15(19)13-25/h2-5,10-12H,6-9H2,1H3,(H,26,29). The molecule has 1 heterocycles. The molecule has 2 amide bonds. The molecule has 0 atom stereocenters. The lowest BCUT2D eigenvalue weighted by atomic mass is 10.1. The van der Waals surface area contributed by atoms with Gasteiger partial charge in [-0.05, 0) is 30.3 Å². The molecule has 1 N–H and O–H groups in total. The molecule has 1 aliphatic heterocycles. The summed E-state index contributed by atoms with van der Waals surface area (Å²) in [5.41, 5.74) is 0.0645. The molecular weight excluding hydrogens is 397 g/mol. The molecule has 1 aliphatic rings. The van der Waals surface area contributed by atoms with Crippen molar-refractivity contribution in [1.82, 2.24) is 4.90 Å². The smallest absolute Gasteiger partial charge is 0.367 e. The Kier molecular flexibility index (Phi) is 5.96. The number of hydrogen-bond donors (Lipinski definition) is 1. The van der Waals surface area contributed by atoms with Gasteiger partial charge in [-0.25, -0.2) is 0 Å². The summed E-state index contributed by atoms with van der Waals surface area (Å²) in [6.07, 6.45) is -4.65. The van der Waals surface area contributed by atoms with Gasteiger partial charge in [0.2, 0.25) is 5.91 Å². The lowest BCUT2D eigenvalue weighted by Gasteiger charge is -2.36. The van der Waals surface area contributed by atoms with E-state index in [0.717, 1.165) is 17.8 Å². The van der Waals surface area contributed by atoms with Crippen LogP contribution in [-0.2, 0) is 11.0 Å². The maximum absolute atomic E-state index is 13.2. The molecule has 6 nitrogen and oxygen atoms in total. The van der Waals surface area contributed by atoms with Crippen LogP contribution in [0, 0.1) is 11.3 Å². The van der Waals surface area contributed by atoms with Gasteiger partial charge < -0.3 is 15.1 Å². The number of hydrogen-bond acceptors (Lipinski definition) is 4. The first-order valence-corrected chi connectivity index (χ1v) is 9.22. The summed E-state index contributed by atoms with van der Waals surface area (Å²) in [7, 11) is 0. The topological polar surface area (TPSA) is 76.4 Å². The van der Waals surface area contributed by atoms with Gasteiger partial charge in [0.15, 0.2) is 0 Å². The van der Waals surface area contributed by atoms with Crippen LogP contribution in [0.2, 0.25) is 0 Å². The van der Waals surface area contributed by atoms with E-state index in [4.69, 9.17) is 0 Å². The summed E-state index contributed by atoms with van der Waals surface area (Å²) < 4.78 is 39.7. The van der Waals surface area contributed by atoms with Crippen LogP contribution in [0.1, 0.15) is 28.4 Å². The minimum atomic E-state index is -4.65. The lowest BCUT2D eigenvalue weighted by Crippen LogP contribution is -2.49. The van der Waals surface area contributed by atoms with Crippen molar-refractivity contribution in [2.24, 2.45) is 0 Å². The van der Waals surface area contributed by atoms with Gasteiger partial charge in [0.25, 0.3) is 5.91 Å². The van der Waals surface area contributed by atoms with Gasteiger partial charge in [0.1, 0.15) is 6.07 Å². The summed E-state index contributed by atoms with van der Waals surface area (Å²) in [5.74, 6) is -1.07. The molecule has 156 valence electrons. The van der Waals surface area contributed by atoms with E-state index in [1.807, 2.05) is 17.0 Å². The van der Waals surface area contributed by atoms with E-state index in [1.54, 1.807) is 12.1 Å². The summed E-state index contributed by atoms with van der Waals surface area (Å²) >= 11 is 0. The van der Waals surface area contributed by atoms with Crippen molar-refractivity contribution in [3.05, 3.63) is 59.2 Å². The van der Waals surface area contributed by atoms with E-state index < -0.39 is 23.6 Å². The fourth-order valence-electron chi connectivity index (χ4n) is 3.37. The molecule has 1 fully saturated rings. The molecule has 1 saturated heterocycles. The average Bonchev–Trinajstić information content (AvgIpc) is 2.72. The number of benzene rings is 2. The third-order valence-corrected chi connectivity index (χ3v) is 4.76. The van der Waals surface area contributed by atoms with Crippen molar-refractivity contribution in [2.45, 2.75) is 13.1 Å². The van der Waals surface area contributed by atoms with Crippen LogP contribution >= 0.6 is 0 Å². The molecule has 0 spiro atoms. The Morgan fingerprint density at radius 1 is 1.07 bits per heavy atom. The summed E-state index contributed by atoms with van der Waals surface area (Å²) in [6, 6.07) is 12.1. The van der Waals surface area contributed by atoms with Gasteiger partial charge in [-0.2, -0.15) is 18.4 Å². The summed E-state index contributed by atoms with van der Waals surface area (Å²) in [5, 5.41) is 11.6. The normalized spacial score (nSPS) is 14.2. The number of halogens is 3. The Balaban J connectivity index is 1.79. The molecule has 0 bridgehead atoms. The number of anilines is 2. The zero-order chi connectivity index (χ0) is 21.9. The van der Waals surface area contributed by atoms with Gasteiger partial charge >= 0.3 is 6.18 Å². The number of alkyl halides is 3. The number of piperazine rings is 1. The maximum Gasteiger partial charge on any atom is 0.416 e. The summed E-state index contributed by atoms with van der Waals surface area (Å²) in [4.78, 5) is 27.6. The quantitative estimate of drug-likeness (QED) is 0.831. The van der Waals surface area contributed by atoms with Crippen LogP contribution < -0.4 is 10.2 Å². The first kappa shape index (κ1) is 21.2. The Morgan fingerprint density at radius 2 is 1.73 bits per heavy atom. The third-order valence-electron chi connectivity index (χ3n) is 4.76. The van der Waals surface area contributed by atoms with Crippen LogP contribution in [0.15, 0.2) is 42.5 Å². The van der Waals surface area contributed by atoms with E-state index in [1.165, 1.54) is 17.9 Å². The Morgan fingerprint density at radius 3 is 2.33 bits per heavy atom. The average molecular weight is 416 g/mol. The molecule has 0 unspecified atom stereocenters. The predicted molar refractivity (Wildman–Crippen MR) is 105 cm³/mol. The molecule has 0 aliphatic carbocycles. The van der Waals surface area contributed by atoms with Gasteiger partial charge in [0.05, 0.1) is 16.8 Å². The van der Waals surface area contributed by atoms with Crippen LogP contribution in [0.5, 0.6) is 0 Å². The van der Waals surface area contributed by atoms with Gasteiger partial charge in [-0.3, -0.25) is 9.59 Å². The number of nitriles is 1. The molecule has 30 heavy (non-hydrogen) atoms. The highest BCUT2D eigenvalue weighted by Crippen LogP contribution is 2.32. The molecular formula is C21H19F3N4O2. The highest BCUT2D eigenvalue weighted by atomic mass is 19.4. The molecule has 3 rings (SSSR count). The van der Waals surface area contributed by atoms with Gasteiger partial charge in [-0.1, -0.05) is 12.1 Å². The number of amides is 2. The van der Waals surface area contributed by atoms with E-state index in [0.29, 0.717) is 31.7 Å². The van der Waals surface area contributed by atoms with E-state index >= 15 is 0 Å². The van der Waals surface area contributed by atoms with E-state index in [9.17, 15) is 28.0 Å². The molecule has 0 saturated carbocycles. The SMILES string of the molecule is CC(=O)Nc1cc(C(=O)N2CCN(c3ccccc3C#N)CC2)cc(C(F)(F)F)c1. The van der Waals surface area contributed by atoms with Gasteiger partial charge in [0, 0.05) is 44.4 Å². The Bertz CT molecular complexity index is 1010. The number of nitrogens with one attached hydrogen (secondary N) is 1. The molecule has 2 aromatic carbocycles. The second-order valence-corrected chi connectivity index (χ2v) is 6.89. The lowest BCUT2D eigenvalue weighted by molar-refractivity contribution is -0.137. The largest absolute Gasteiger partial charge is 0.416 e. The van der Waals surface area contributed by atoms with Crippen molar-refractivity contribution in [3.8, 4) is 6.07 Å². The third kappa shape index (κ3) is 4.71. The monoisotopic (exact) mass is 416 g/mol. The van der Waals surface area contributed by atoms with Crippen LogP contribution in [0.25, 0.3) is 0 Å². The highest BCUT2D eigenvalue weighted by Gasteiger charge is 2.33. The first-order chi connectivity index (χ1) is 14.2. The van der Waals surface area contributed by atoms with Crippen molar-refractivity contribution < 1.29 is 22.8 Å². The molecule has 2 aromatic rings. The molecule has 9 heteroatoms. The van der Waals surface area contributed by atoms with Crippen molar-refractivity contribution >= 4 is 23.2 Å². The fraction of sp³-hybridized carbons (Fsp3) is 0.286. The second kappa shape index (κ2) is 8.45. The predicted octanol–water partition coefficient (Wildman–Crippen LogP) is 3.50. The van der Waals surface area contributed by atoms with E-state index in [2.05, 4.69) is 11.4 Å². The number of carbonyl (C=O) groups excluding carboxylic acids is 2. The minimum absolute atomic E-state index is 0.0812. The number of rotatable bonds is 3. The van der Waals surface area contributed by atoms with Crippen LogP contribution in [0.4, 0.5) is 24.5 Å². The van der Waals surface area contributed by atoms with Crippen molar-refractivity contribution in [2.75, 3.05) is 36.4 Å².